The number of hydrogen-bond acceptors (Lipinski definition) is 26. The molecule has 3 saturated heterocycles. The lowest BCUT2D eigenvalue weighted by Crippen LogP contribution is -2.57. The molecule has 14 atom stereocenters. The maximum atomic E-state index is 14.4. The fourth-order valence-corrected chi connectivity index (χ4v) is 14.4. The number of benzene rings is 3. The number of alkyl carbamates (subject to hydrolysis) is 2. The highest BCUT2D eigenvalue weighted by Gasteiger charge is 2.45. The zero-order valence-corrected chi connectivity index (χ0v) is 79.4. The zero-order chi connectivity index (χ0) is 95.7. The van der Waals surface area contributed by atoms with E-state index >= 15 is 0 Å². The van der Waals surface area contributed by atoms with Gasteiger partial charge in [-0.15, -0.1) is 12.4 Å². The van der Waals surface area contributed by atoms with Crippen molar-refractivity contribution in [3.63, 3.8) is 0 Å². The molecule has 3 aromatic rings. The van der Waals surface area contributed by atoms with Crippen molar-refractivity contribution in [2.24, 2.45) is 53.1 Å². The molecule has 35 heteroatoms. The van der Waals surface area contributed by atoms with Gasteiger partial charge in [0.25, 0.3) is 5.91 Å². The van der Waals surface area contributed by atoms with E-state index in [-0.39, 0.29) is 80.3 Å². The number of ketones is 1. The van der Waals surface area contributed by atoms with E-state index in [1.165, 1.54) is 28.9 Å². The van der Waals surface area contributed by atoms with Crippen molar-refractivity contribution in [1.82, 2.24) is 36.0 Å². The summed E-state index contributed by atoms with van der Waals surface area (Å²) >= 11 is 0. The van der Waals surface area contributed by atoms with Crippen molar-refractivity contribution in [3.8, 4) is 11.5 Å². The topological polar surface area (TPSA) is 467 Å². The van der Waals surface area contributed by atoms with Gasteiger partial charge in [-0.1, -0.05) is 145 Å². The summed E-state index contributed by atoms with van der Waals surface area (Å²) in [5, 5.41) is 40.9. The molecule has 128 heavy (non-hydrogen) atoms. The normalized spacial score (nSPS) is 20.7. The highest BCUT2D eigenvalue weighted by atomic mass is 35.5. The lowest BCUT2D eigenvalue weighted by Gasteiger charge is -2.34. The number of methoxy groups -OCH3 is 2. The molecule has 34 nitrogen and oxygen atoms in total. The molecule has 0 aliphatic carbocycles. The second-order valence-corrected chi connectivity index (χ2v) is 36.8. The number of carboxylic acids is 1. The van der Waals surface area contributed by atoms with E-state index in [1.54, 1.807) is 127 Å². The Morgan fingerprint density at radius 2 is 1.26 bits per heavy atom. The monoisotopic (exact) mass is 1820 g/mol. The van der Waals surface area contributed by atoms with Crippen molar-refractivity contribution in [2.75, 3.05) is 47.6 Å². The maximum absolute atomic E-state index is 14.4. The van der Waals surface area contributed by atoms with E-state index < -0.39 is 199 Å². The molecule has 0 radical (unpaired) electrons. The van der Waals surface area contributed by atoms with Crippen LogP contribution in [0.4, 0.5) is 9.59 Å². The number of carbonyl (C=O) groups is 14. The Morgan fingerprint density at radius 3 is 1.78 bits per heavy atom. The standard InChI is InChI=1S/C43H66N4O12.C30H47N3O7.C20H29NO7.ClH/c1-24(2)19-28-21-34(49)37(26(5)6)58-35(50)22-33(48)36(25(3)4)45-38(51)30(44-42(55)59-43(7,8)9)23-57-41(54)32(20-27-14-16-29(56-11)17-15-27)46(10)40(53)31-13-12-18-47(31)39(28)52;1-18(2)15-22(32-28(36)27(20(5)6)40-25(35)16-24(34)26(31)19(3)4)29(37)33-14-10-13-23(33)30(38)39-17-21-11-8-7-9-12-21;1-6-14(11-13-7-9-15(26-5)10-8-13)18(24)27-12-16(17(22)23)21-19(25)28-20(2,3)4;/h14-17,24-26,28,30-33,36-37,48H,12-13,18-23H2,1-11H3,(H,44,55)(H,45,51);7-9,11-12,18-20,22-24,26-27,34H,10,13-17,31H2,1-6H3,(H,32,36);7-10,14,16H,6,11-12H2,1-5H3,(H,21,25)(H,22,23);1H/t28-,30+,31+,32+,33+,36-,37+;22-,23-,24-,26+,27-;14-,16-;/m100./s1. The van der Waals surface area contributed by atoms with Gasteiger partial charge >= 0.3 is 48.0 Å². The van der Waals surface area contributed by atoms with Crippen LogP contribution in [-0.2, 0) is 110 Å². The molecule has 0 aromatic heterocycles. The van der Waals surface area contributed by atoms with Gasteiger partial charge < -0.3 is 99.7 Å². The smallest absolute Gasteiger partial charge is 0.408 e. The summed E-state index contributed by atoms with van der Waals surface area (Å²) in [6.45, 7) is 32.9. The second kappa shape index (κ2) is 53.7. The quantitative estimate of drug-likeness (QED) is 0.0219. The Kier molecular flexibility index (Phi) is 47.0. The van der Waals surface area contributed by atoms with Gasteiger partial charge in [0.1, 0.15) is 72.7 Å². The van der Waals surface area contributed by atoms with Crippen LogP contribution in [0.3, 0.4) is 0 Å². The van der Waals surface area contributed by atoms with Crippen LogP contribution in [0.25, 0.3) is 0 Å². The van der Waals surface area contributed by atoms with Crippen molar-refractivity contribution in [2.45, 2.75) is 299 Å². The number of esters is 5. The number of ether oxygens (including phenoxy) is 9. The summed E-state index contributed by atoms with van der Waals surface area (Å²) in [6.07, 6.45) is -4.47. The Balaban J connectivity index is 0.000000530. The molecule has 3 fully saturated rings. The molecule has 7 amide bonds. The summed E-state index contributed by atoms with van der Waals surface area (Å²) in [5.74, 6) is -9.31. The van der Waals surface area contributed by atoms with Crippen molar-refractivity contribution in [1.29, 1.82) is 0 Å². The van der Waals surface area contributed by atoms with Crippen LogP contribution >= 0.6 is 12.4 Å². The van der Waals surface area contributed by atoms with E-state index in [2.05, 4.69) is 21.3 Å². The molecule has 6 rings (SSSR count). The first-order chi connectivity index (χ1) is 59.4. The third kappa shape index (κ3) is 37.9. The first-order valence-corrected chi connectivity index (χ1v) is 43.9. The number of rotatable bonds is 31. The van der Waals surface area contributed by atoms with Crippen molar-refractivity contribution in [3.05, 3.63) is 95.6 Å². The molecule has 9 N–H and O–H groups in total. The molecule has 3 aliphatic heterocycles. The molecule has 3 aliphatic rings. The Hall–Kier alpha value is -10.2. The highest BCUT2D eigenvalue weighted by molar-refractivity contribution is 5.96. The third-order valence-electron chi connectivity index (χ3n) is 21.4. The number of fused-ring (bicyclic) bond motifs is 1. The number of likely N-dealkylation sites (tertiary alicyclic amines) is 1. The molecule has 0 saturated carbocycles. The Morgan fingerprint density at radius 1 is 0.680 bits per heavy atom. The lowest BCUT2D eigenvalue weighted by atomic mass is 9.87. The van der Waals surface area contributed by atoms with Gasteiger partial charge in [0.15, 0.2) is 24.0 Å². The second-order valence-electron chi connectivity index (χ2n) is 36.8. The predicted octanol–water partition coefficient (Wildman–Crippen LogP) is 9.35. The first kappa shape index (κ1) is 112. The van der Waals surface area contributed by atoms with E-state index in [1.807, 2.05) is 90.9 Å². The summed E-state index contributed by atoms with van der Waals surface area (Å²) in [5.41, 5.74) is 6.65. The molecule has 0 bridgehead atoms. The fourth-order valence-electron chi connectivity index (χ4n) is 14.4. The number of aliphatic carboxylic acids is 1. The van der Waals surface area contributed by atoms with E-state index in [0.29, 0.717) is 69.2 Å². The molecule has 0 spiro atoms. The molecule has 3 heterocycles. The Bertz CT molecular complexity index is 4080. The predicted molar refractivity (Wildman–Crippen MR) is 477 cm³/mol. The number of aliphatic hydroxyl groups excluding tert-OH is 2. The molecular weight excluding hydrogens is 1680 g/mol. The fraction of sp³-hybridized carbons (Fsp3) is 0.656. The number of likely N-dealkylation sites (N-methyl/N-ethyl adjacent to an activating group) is 1. The SMILES string of the molecule is CC(C)C[C@H](NC(=O)[C@@H](OC(=O)C[C@H](O)[C@H](N)C(C)C)C(C)C)C(=O)N1CCC[C@H]1C(=O)OCc1ccccc1.CC[C@@H](Cc1ccc(OC)cc1)C(=O)OC[C@H](NC(=O)OC(C)(C)C)C(=O)O.COc1ccc(C[C@H]2C(=O)OC[C@H](NC(=O)OC(C)(C)C)C(=O)N[C@H](C(C)C)[C@@H](O)CC(=O)O[C@@H](C(C)C)C(=O)C[C@@H](CC(C)C)C(=O)N3CCC[C@H]3C(=O)N2C)cc1.Cl. The van der Waals surface area contributed by atoms with Gasteiger partial charge in [0, 0.05) is 44.9 Å². The molecule has 0 unspecified atom stereocenters. The van der Waals surface area contributed by atoms with Crippen LogP contribution in [-0.4, -0.2) is 245 Å². The number of aliphatic hydroxyl groups is 2. The van der Waals surface area contributed by atoms with E-state index in [0.717, 1.165) is 16.9 Å². The number of hydrogen-bond donors (Lipinski definition) is 8. The molecular formula is C93H143ClN8O26. The number of carbonyl (C=O) groups excluding carboxylic acids is 13. The van der Waals surface area contributed by atoms with Crippen LogP contribution in [0.2, 0.25) is 0 Å². The minimum absolute atomic E-state index is 0. The molecule has 718 valence electrons. The summed E-state index contributed by atoms with van der Waals surface area (Å²) in [6, 6.07) is 15.1. The average Bonchev–Trinajstić information content (AvgIpc) is 1.30. The number of cyclic esters (lactones) is 2. The van der Waals surface area contributed by atoms with Gasteiger partial charge in [-0.3, -0.25) is 43.2 Å². The number of amides is 7. The number of nitrogens with two attached hydrogens (primary N) is 1. The van der Waals surface area contributed by atoms with Crippen LogP contribution in [0.1, 0.15) is 212 Å². The summed E-state index contributed by atoms with van der Waals surface area (Å²) in [4.78, 5) is 189. The average molecular weight is 1820 g/mol. The van der Waals surface area contributed by atoms with Crippen LogP contribution < -0.4 is 36.5 Å². The number of carboxylic acid groups (broad SMARTS) is 1. The molecule has 3 aromatic carbocycles. The lowest BCUT2D eigenvalue weighted by molar-refractivity contribution is -0.162. The summed E-state index contributed by atoms with van der Waals surface area (Å²) in [7, 11) is 4.54. The van der Waals surface area contributed by atoms with Gasteiger partial charge in [-0.2, -0.15) is 0 Å². The van der Waals surface area contributed by atoms with Crippen LogP contribution in [0.15, 0.2) is 78.9 Å². The highest BCUT2D eigenvalue weighted by Crippen LogP contribution is 2.31. The minimum Gasteiger partial charge on any atom is -0.497 e. The van der Waals surface area contributed by atoms with Gasteiger partial charge in [-0.25, -0.2) is 24.0 Å². The largest absolute Gasteiger partial charge is 0.497 e. The number of nitrogens with one attached hydrogen (secondary N) is 4. The minimum atomic E-state index is -1.55. The zero-order valence-electron chi connectivity index (χ0n) is 78.6. The van der Waals surface area contributed by atoms with Crippen molar-refractivity contribution >= 4 is 95.7 Å². The number of nitrogens with zero attached hydrogens (tertiary/aromatic N) is 3. The Labute approximate surface area is 760 Å². The van der Waals surface area contributed by atoms with E-state index in [9.17, 15) is 82.4 Å². The van der Waals surface area contributed by atoms with Crippen LogP contribution in [0, 0.1) is 47.3 Å². The first-order valence-electron chi connectivity index (χ1n) is 43.9. The van der Waals surface area contributed by atoms with Crippen LogP contribution in [0.5, 0.6) is 11.5 Å². The van der Waals surface area contributed by atoms with Gasteiger partial charge in [0.05, 0.1) is 51.2 Å². The van der Waals surface area contributed by atoms with Gasteiger partial charge in [0.2, 0.25) is 23.6 Å². The maximum Gasteiger partial charge on any atom is 0.408 e. The number of Topliss-reactive ketones (excluding diaryl/α,β-unsaturated/α-hetero) is 1. The third-order valence-corrected chi connectivity index (χ3v) is 21.4. The van der Waals surface area contributed by atoms with Gasteiger partial charge in [-0.05, 0) is 169 Å². The van der Waals surface area contributed by atoms with Crippen molar-refractivity contribution < 1.29 is 125 Å². The van der Waals surface area contributed by atoms with E-state index in [4.69, 9.17) is 48.4 Å². The number of halogens is 1. The summed E-state index contributed by atoms with van der Waals surface area (Å²) < 4.78 is 48.3.